The Hall–Kier alpha value is -3.69. The number of hydrogen-bond acceptors (Lipinski definition) is 4. The van der Waals surface area contributed by atoms with Crippen LogP contribution in [-0.2, 0) is 6.18 Å². The maximum absolute atomic E-state index is 13.7. The number of fused-ring (bicyclic) bond motifs is 1. The summed E-state index contributed by atoms with van der Waals surface area (Å²) in [6.45, 7) is 0. The van der Waals surface area contributed by atoms with Crippen LogP contribution >= 0.6 is 0 Å². The highest BCUT2D eigenvalue weighted by molar-refractivity contribution is 5.67. The Bertz CT molecular complexity index is 1260. The summed E-state index contributed by atoms with van der Waals surface area (Å²) >= 11 is 0. The van der Waals surface area contributed by atoms with Crippen LogP contribution in [0.3, 0.4) is 0 Å². The third-order valence-electron chi connectivity index (χ3n) is 4.27. The van der Waals surface area contributed by atoms with E-state index < -0.39 is 28.8 Å². The standard InChI is InChI=1S/C19H12F4N4O2/c1-29-14-6-7-26-15(8-14)25-17(19(21,22)23)16(18(26)28)11-9-24-27(10-11)13-4-2-12(20)3-5-13/h2-10H,1H3. The van der Waals surface area contributed by atoms with Gasteiger partial charge in [-0.2, -0.15) is 18.3 Å². The molecule has 0 saturated heterocycles. The molecule has 3 heterocycles. The zero-order valence-corrected chi connectivity index (χ0v) is 14.8. The SMILES string of the molecule is COc1ccn2c(=O)c(-c3cnn(-c4ccc(F)cc4)c3)c(C(F)(F)F)nc2c1. The number of rotatable bonds is 3. The highest BCUT2D eigenvalue weighted by Crippen LogP contribution is 2.34. The van der Waals surface area contributed by atoms with Crippen LogP contribution < -0.4 is 10.3 Å². The summed E-state index contributed by atoms with van der Waals surface area (Å²) in [5.41, 5.74) is -2.70. The van der Waals surface area contributed by atoms with Crippen molar-refractivity contribution < 1.29 is 22.3 Å². The van der Waals surface area contributed by atoms with Crippen molar-refractivity contribution in [1.82, 2.24) is 19.2 Å². The molecule has 10 heteroatoms. The molecule has 0 N–H and O–H groups in total. The van der Waals surface area contributed by atoms with E-state index in [4.69, 9.17) is 4.74 Å². The molecular weight excluding hydrogens is 392 g/mol. The van der Waals surface area contributed by atoms with Crippen molar-refractivity contribution in [3.05, 3.63) is 76.9 Å². The molecule has 6 nitrogen and oxygen atoms in total. The van der Waals surface area contributed by atoms with Gasteiger partial charge in [0.15, 0.2) is 5.69 Å². The van der Waals surface area contributed by atoms with Gasteiger partial charge in [-0.05, 0) is 30.3 Å². The van der Waals surface area contributed by atoms with Crippen LogP contribution in [0.15, 0.2) is 59.8 Å². The van der Waals surface area contributed by atoms with Crippen molar-refractivity contribution in [3.8, 4) is 22.6 Å². The van der Waals surface area contributed by atoms with Gasteiger partial charge in [0.05, 0.1) is 24.6 Å². The summed E-state index contributed by atoms with van der Waals surface area (Å²) in [6.07, 6.45) is -1.19. The van der Waals surface area contributed by atoms with E-state index in [1.165, 1.54) is 60.6 Å². The molecule has 0 amide bonds. The Kier molecular flexibility index (Phi) is 4.33. The maximum atomic E-state index is 13.7. The average Bonchev–Trinajstić information content (AvgIpc) is 3.17. The molecule has 3 aromatic heterocycles. The highest BCUT2D eigenvalue weighted by atomic mass is 19.4. The van der Waals surface area contributed by atoms with E-state index in [-0.39, 0.29) is 17.0 Å². The summed E-state index contributed by atoms with van der Waals surface area (Å²) in [5.74, 6) is -0.199. The molecule has 0 saturated carbocycles. The Morgan fingerprint density at radius 3 is 2.48 bits per heavy atom. The fourth-order valence-corrected chi connectivity index (χ4v) is 2.90. The number of halogens is 4. The molecule has 0 spiro atoms. The van der Waals surface area contributed by atoms with E-state index in [0.717, 1.165) is 10.6 Å². The Labute approximate surface area is 160 Å². The maximum Gasteiger partial charge on any atom is 0.434 e. The van der Waals surface area contributed by atoms with E-state index in [9.17, 15) is 22.4 Å². The van der Waals surface area contributed by atoms with E-state index >= 15 is 0 Å². The number of nitrogens with zero attached hydrogens (tertiary/aromatic N) is 4. The van der Waals surface area contributed by atoms with Crippen molar-refractivity contribution in [2.45, 2.75) is 6.18 Å². The second-order valence-electron chi connectivity index (χ2n) is 6.08. The molecule has 0 bridgehead atoms. The van der Waals surface area contributed by atoms with Crippen LogP contribution in [0.2, 0.25) is 0 Å². The van der Waals surface area contributed by atoms with Gasteiger partial charge in [-0.1, -0.05) is 0 Å². The predicted octanol–water partition coefficient (Wildman–Crippen LogP) is 3.71. The lowest BCUT2D eigenvalue weighted by molar-refractivity contribution is -0.140. The van der Waals surface area contributed by atoms with Crippen LogP contribution in [0, 0.1) is 5.82 Å². The molecule has 4 aromatic rings. The molecule has 0 unspecified atom stereocenters. The summed E-state index contributed by atoms with van der Waals surface area (Å²) in [5, 5.41) is 4.00. The average molecular weight is 404 g/mol. The fraction of sp³-hybridized carbons (Fsp3) is 0.105. The number of ether oxygens (including phenoxy) is 1. The monoisotopic (exact) mass is 404 g/mol. The molecule has 0 fully saturated rings. The van der Waals surface area contributed by atoms with Gasteiger partial charge >= 0.3 is 6.18 Å². The first kappa shape index (κ1) is 18.7. The van der Waals surface area contributed by atoms with Crippen LogP contribution in [0.25, 0.3) is 22.5 Å². The van der Waals surface area contributed by atoms with E-state index in [2.05, 4.69) is 10.1 Å². The first-order valence-electron chi connectivity index (χ1n) is 8.26. The number of aromatic nitrogens is 4. The Morgan fingerprint density at radius 2 is 1.83 bits per heavy atom. The van der Waals surface area contributed by atoms with Crippen LogP contribution in [0.1, 0.15) is 5.69 Å². The van der Waals surface area contributed by atoms with E-state index in [0.29, 0.717) is 5.69 Å². The summed E-state index contributed by atoms with van der Waals surface area (Å²) < 4.78 is 61.4. The predicted molar refractivity (Wildman–Crippen MR) is 95.5 cm³/mol. The Morgan fingerprint density at radius 1 is 1.10 bits per heavy atom. The highest BCUT2D eigenvalue weighted by Gasteiger charge is 2.38. The van der Waals surface area contributed by atoms with Gasteiger partial charge in [-0.25, -0.2) is 14.1 Å². The molecule has 0 aliphatic heterocycles. The lowest BCUT2D eigenvalue weighted by Gasteiger charge is -2.13. The molecule has 0 aliphatic rings. The summed E-state index contributed by atoms with van der Waals surface area (Å²) in [7, 11) is 1.35. The van der Waals surface area contributed by atoms with E-state index in [1.54, 1.807) is 0 Å². The minimum Gasteiger partial charge on any atom is -0.497 e. The van der Waals surface area contributed by atoms with Crippen LogP contribution in [-0.4, -0.2) is 26.3 Å². The zero-order valence-electron chi connectivity index (χ0n) is 14.8. The van der Waals surface area contributed by atoms with Gasteiger partial charge in [0.1, 0.15) is 17.2 Å². The second-order valence-corrected chi connectivity index (χ2v) is 6.08. The topological polar surface area (TPSA) is 61.4 Å². The number of hydrogen-bond donors (Lipinski definition) is 0. The summed E-state index contributed by atoms with van der Waals surface area (Å²) in [6, 6.07) is 7.88. The van der Waals surface area contributed by atoms with Gasteiger partial charge in [0.25, 0.3) is 5.56 Å². The lowest BCUT2D eigenvalue weighted by Crippen LogP contribution is -2.24. The van der Waals surface area contributed by atoms with Crippen LogP contribution in [0.5, 0.6) is 5.75 Å². The minimum absolute atomic E-state index is 0.0654. The second kappa shape index (κ2) is 6.73. The molecule has 1 aromatic carbocycles. The lowest BCUT2D eigenvalue weighted by atomic mass is 10.1. The molecule has 148 valence electrons. The third-order valence-corrected chi connectivity index (χ3v) is 4.27. The largest absolute Gasteiger partial charge is 0.497 e. The fourth-order valence-electron chi connectivity index (χ4n) is 2.90. The van der Waals surface area contributed by atoms with Crippen LogP contribution in [0.4, 0.5) is 17.6 Å². The molecule has 0 aliphatic carbocycles. The van der Waals surface area contributed by atoms with Gasteiger partial charge in [-0.3, -0.25) is 9.20 Å². The Balaban J connectivity index is 1.94. The molecule has 0 atom stereocenters. The van der Waals surface area contributed by atoms with Gasteiger partial charge < -0.3 is 4.74 Å². The normalized spacial score (nSPS) is 11.8. The van der Waals surface area contributed by atoms with Gasteiger partial charge in [-0.15, -0.1) is 0 Å². The zero-order chi connectivity index (χ0) is 20.8. The van der Waals surface area contributed by atoms with Crippen molar-refractivity contribution in [1.29, 1.82) is 0 Å². The van der Waals surface area contributed by atoms with Crippen molar-refractivity contribution in [2.75, 3.05) is 7.11 Å². The first-order valence-corrected chi connectivity index (χ1v) is 8.26. The first-order chi connectivity index (χ1) is 13.8. The minimum atomic E-state index is -4.87. The van der Waals surface area contributed by atoms with Crippen molar-refractivity contribution in [2.24, 2.45) is 0 Å². The number of alkyl halides is 3. The third kappa shape index (κ3) is 3.33. The smallest absolute Gasteiger partial charge is 0.434 e. The van der Waals surface area contributed by atoms with Crippen molar-refractivity contribution >= 4 is 5.65 Å². The number of benzene rings is 1. The number of pyridine rings is 1. The van der Waals surface area contributed by atoms with E-state index in [1.807, 2.05) is 0 Å². The van der Waals surface area contributed by atoms with Gasteiger partial charge in [0, 0.05) is 24.0 Å². The molecule has 4 rings (SSSR count). The summed E-state index contributed by atoms with van der Waals surface area (Å²) in [4.78, 5) is 16.5. The quantitative estimate of drug-likeness (QED) is 0.489. The van der Waals surface area contributed by atoms with Gasteiger partial charge in [0.2, 0.25) is 0 Å². The molecule has 29 heavy (non-hydrogen) atoms. The number of methoxy groups -OCH3 is 1. The molecule has 0 radical (unpaired) electrons. The van der Waals surface area contributed by atoms with Crippen molar-refractivity contribution in [3.63, 3.8) is 0 Å². The molecular formula is C19H12F4N4O2.